The van der Waals surface area contributed by atoms with Crippen molar-refractivity contribution in [1.29, 1.82) is 0 Å². The molecule has 1 aromatic heterocycles. The van der Waals surface area contributed by atoms with Crippen LogP contribution in [0.1, 0.15) is 16.8 Å². The minimum atomic E-state index is 0. The number of rotatable bonds is 3. The molecule has 0 aliphatic heterocycles. The van der Waals surface area contributed by atoms with Gasteiger partial charge in [-0.15, -0.1) is 17.5 Å². The lowest BCUT2D eigenvalue weighted by Crippen LogP contribution is -2.00. The van der Waals surface area contributed by atoms with Gasteiger partial charge < -0.3 is 5.73 Å². The molecule has 5 heteroatoms. The molecule has 1 aromatic carbocycles. The smallest absolute Gasteiger partial charge is 0.0962 e. The monoisotopic (exact) mass is 238 g/mol. The normalized spacial score (nSPS) is 9.88. The van der Waals surface area contributed by atoms with Crippen LogP contribution < -0.4 is 5.73 Å². The highest BCUT2D eigenvalue weighted by molar-refractivity contribution is 5.85. The van der Waals surface area contributed by atoms with Crippen molar-refractivity contribution >= 4 is 12.4 Å². The fraction of sp³-hybridized carbons (Fsp3) is 0.273. The lowest BCUT2D eigenvalue weighted by molar-refractivity contribution is 0.649. The SMILES string of the molecule is Cc1cccc(Cn2cc(CN)nn2)c1.Cl. The number of aryl methyl sites for hydroxylation is 1. The summed E-state index contributed by atoms with van der Waals surface area (Å²) in [5, 5.41) is 7.94. The molecule has 0 amide bonds. The van der Waals surface area contributed by atoms with E-state index in [9.17, 15) is 0 Å². The molecule has 0 unspecified atom stereocenters. The Morgan fingerprint density at radius 2 is 2.19 bits per heavy atom. The van der Waals surface area contributed by atoms with E-state index in [1.807, 2.05) is 12.3 Å². The van der Waals surface area contributed by atoms with E-state index in [0.29, 0.717) is 6.54 Å². The standard InChI is InChI=1S/C11H14N4.ClH/c1-9-3-2-4-10(5-9)7-15-8-11(6-12)13-14-15;/h2-5,8H,6-7,12H2,1H3;1H. The Bertz CT molecular complexity index is 453. The highest BCUT2D eigenvalue weighted by atomic mass is 35.5. The van der Waals surface area contributed by atoms with Crippen LogP contribution in [0.4, 0.5) is 0 Å². The Morgan fingerprint density at radius 1 is 1.38 bits per heavy atom. The number of hydrogen-bond acceptors (Lipinski definition) is 3. The number of nitrogens with two attached hydrogens (primary N) is 1. The van der Waals surface area contributed by atoms with Crippen LogP contribution in [0.25, 0.3) is 0 Å². The minimum absolute atomic E-state index is 0. The molecule has 2 N–H and O–H groups in total. The van der Waals surface area contributed by atoms with Crippen LogP contribution in [0, 0.1) is 6.92 Å². The average Bonchev–Trinajstić information content (AvgIpc) is 2.65. The second kappa shape index (κ2) is 5.63. The van der Waals surface area contributed by atoms with E-state index >= 15 is 0 Å². The zero-order valence-corrected chi connectivity index (χ0v) is 9.94. The van der Waals surface area contributed by atoms with Gasteiger partial charge in [-0.3, -0.25) is 0 Å². The number of halogens is 1. The zero-order valence-electron chi connectivity index (χ0n) is 9.13. The molecule has 0 atom stereocenters. The van der Waals surface area contributed by atoms with Crippen LogP contribution >= 0.6 is 12.4 Å². The molecule has 0 fully saturated rings. The topological polar surface area (TPSA) is 56.7 Å². The maximum atomic E-state index is 5.46. The predicted molar refractivity (Wildman–Crippen MR) is 65.4 cm³/mol. The first-order valence-electron chi connectivity index (χ1n) is 4.92. The van der Waals surface area contributed by atoms with Crippen molar-refractivity contribution in [3.63, 3.8) is 0 Å². The van der Waals surface area contributed by atoms with Crippen LogP contribution in [-0.2, 0) is 13.1 Å². The molecule has 0 saturated carbocycles. The van der Waals surface area contributed by atoms with Gasteiger partial charge in [-0.1, -0.05) is 35.0 Å². The molecule has 0 bridgehead atoms. The van der Waals surface area contributed by atoms with Crippen LogP contribution in [0.15, 0.2) is 30.5 Å². The summed E-state index contributed by atoms with van der Waals surface area (Å²) in [6.45, 7) is 3.26. The lowest BCUT2D eigenvalue weighted by atomic mass is 10.1. The van der Waals surface area contributed by atoms with Gasteiger partial charge in [0.25, 0.3) is 0 Å². The fourth-order valence-electron chi connectivity index (χ4n) is 1.51. The molecular formula is C11H15ClN4. The van der Waals surface area contributed by atoms with Gasteiger partial charge in [0, 0.05) is 6.54 Å². The van der Waals surface area contributed by atoms with E-state index in [-0.39, 0.29) is 12.4 Å². The minimum Gasteiger partial charge on any atom is -0.325 e. The largest absolute Gasteiger partial charge is 0.325 e. The highest BCUT2D eigenvalue weighted by Gasteiger charge is 1.99. The second-order valence-corrected chi connectivity index (χ2v) is 3.60. The molecule has 1 heterocycles. The quantitative estimate of drug-likeness (QED) is 0.882. The maximum absolute atomic E-state index is 5.46. The van der Waals surface area contributed by atoms with Crippen molar-refractivity contribution < 1.29 is 0 Å². The highest BCUT2D eigenvalue weighted by Crippen LogP contribution is 2.05. The summed E-state index contributed by atoms with van der Waals surface area (Å²) in [6, 6.07) is 8.35. The van der Waals surface area contributed by atoms with Gasteiger partial charge in [-0.05, 0) is 12.5 Å². The van der Waals surface area contributed by atoms with E-state index < -0.39 is 0 Å². The van der Waals surface area contributed by atoms with E-state index in [0.717, 1.165) is 12.2 Å². The summed E-state index contributed by atoms with van der Waals surface area (Å²) in [5.74, 6) is 0. The van der Waals surface area contributed by atoms with Crippen molar-refractivity contribution in [2.24, 2.45) is 5.73 Å². The zero-order chi connectivity index (χ0) is 10.7. The van der Waals surface area contributed by atoms with Crippen molar-refractivity contribution in [3.8, 4) is 0 Å². The van der Waals surface area contributed by atoms with Crippen molar-refractivity contribution in [3.05, 3.63) is 47.3 Å². The third-order valence-electron chi connectivity index (χ3n) is 2.22. The second-order valence-electron chi connectivity index (χ2n) is 3.60. The lowest BCUT2D eigenvalue weighted by Gasteiger charge is -2.01. The first-order valence-corrected chi connectivity index (χ1v) is 4.92. The van der Waals surface area contributed by atoms with E-state index in [1.54, 1.807) is 4.68 Å². The Hall–Kier alpha value is -1.39. The van der Waals surface area contributed by atoms with Gasteiger partial charge in [-0.2, -0.15) is 0 Å². The summed E-state index contributed by atoms with van der Waals surface area (Å²) in [7, 11) is 0. The molecule has 2 aromatic rings. The van der Waals surface area contributed by atoms with Gasteiger partial charge in [0.1, 0.15) is 0 Å². The summed E-state index contributed by atoms with van der Waals surface area (Å²) < 4.78 is 1.80. The predicted octanol–water partition coefficient (Wildman–Crippen LogP) is 1.52. The molecule has 0 radical (unpaired) electrons. The Labute approximate surface area is 101 Å². The van der Waals surface area contributed by atoms with E-state index in [4.69, 9.17) is 5.73 Å². The third-order valence-corrected chi connectivity index (χ3v) is 2.22. The molecule has 0 spiro atoms. The Morgan fingerprint density at radius 3 is 2.81 bits per heavy atom. The molecule has 0 aliphatic rings. The molecule has 0 aliphatic carbocycles. The number of nitrogens with zero attached hydrogens (tertiary/aromatic N) is 3. The van der Waals surface area contributed by atoms with Gasteiger partial charge in [0.05, 0.1) is 18.4 Å². The van der Waals surface area contributed by atoms with Crippen molar-refractivity contribution in [2.75, 3.05) is 0 Å². The molecule has 16 heavy (non-hydrogen) atoms. The van der Waals surface area contributed by atoms with Crippen LogP contribution in [0.3, 0.4) is 0 Å². The van der Waals surface area contributed by atoms with Crippen molar-refractivity contribution in [2.45, 2.75) is 20.0 Å². The van der Waals surface area contributed by atoms with E-state index in [2.05, 4.69) is 35.4 Å². The van der Waals surface area contributed by atoms with Gasteiger partial charge >= 0.3 is 0 Å². The third kappa shape index (κ3) is 3.05. The number of benzene rings is 1. The Kier molecular flexibility index (Phi) is 4.46. The van der Waals surface area contributed by atoms with Gasteiger partial charge in [0.2, 0.25) is 0 Å². The first-order chi connectivity index (χ1) is 7.28. The Balaban J connectivity index is 0.00000128. The summed E-state index contributed by atoms with van der Waals surface area (Å²) >= 11 is 0. The van der Waals surface area contributed by atoms with Crippen LogP contribution in [0.2, 0.25) is 0 Å². The molecule has 0 saturated heterocycles. The van der Waals surface area contributed by atoms with Crippen LogP contribution in [-0.4, -0.2) is 15.0 Å². The van der Waals surface area contributed by atoms with Gasteiger partial charge in [0.15, 0.2) is 0 Å². The van der Waals surface area contributed by atoms with Crippen LogP contribution in [0.5, 0.6) is 0 Å². The molecule has 4 nitrogen and oxygen atoms in total. The fourth-order valence-corrected chi connectivity index (χ4v) is 1.51. The molecule has 2 rings (SSSR count). The van der Waals surface area contributed by atoms with Gasteiger partial charge in [-0.25, -0.2) is 4.68 Å². The summed E-state index contributed by atoms with van der Waals surface area (Å²) in [6.07, 6.45) is 1.88. The first kappa shape index (κ1) is 12.7. The average molecular weight is 239 g/mol. The molecular weight excluding hydrogens is 224 g/mol. The number of hydrogen-bond donors (Lipinski definition) is 1. The summed E-state index contributed by atoms with van der Waals surface area (Å²) in [4.78, 5) is 0. The van der Waals surface area contributed by atoms with E-state index in [1.165, 1.54) is 11.1 Å². The van der Waals surface area contributed by atoms with Crippen molar-refractivity contribution in [1.82, 2.24) is 15.0 Å². The summed E-state index contributed by atoms with van der Waals surface area (Å²) in [5.41, 5.74) is 8.77. The maximum Gasteiger partial charge on any atom is 0.0962 e. The number of aromatic nitrogens is 3. The molecule has 86 valence electrons.